The summed E-state index contributed by atoms with van der Waals surface area (Å²) in [6.45, 7) is 3.09. The number of ether oxygens (including phenoxy) is 2. The molecule has 8 nitrogen and oxygen atoms in total. The zero-order valence-electron chi connectivity index (χ0n) is 16.9. The minimum atomic E-state index is -0.733. The van der Waals surface area contributed by atoms with Crippen LogP contribution >= 0.6 is 0 Å². The van der Waals surface area contributed by atoms with Crippen molar-refractivity contribution in [2.24, 2.45) is 0 Å². The molecule has 1 aliphatic heterocycles. The smallest absolute Gasteiger partial charge is 0.330 e. The van der Waals surface area contributed by atoms with E-state index in [2.05, 4.69) is 4.98 Å². The molecule has 3 atom stereocenters. The van der Waals surface area contributed by atoms with Gasteiger partial charge in [-0.05, 0) is 24.1 Å². The highest BCUT2D eigenvalue weighted by Crippen LogP contribution is 2.30. The molecule has 0 saturated carbocycles. The molecule has 3 rings (SSSR count). The Labute approximate surface area is 173 Å². The zero-order chi connectivity index (χ0) is 21.7. The lowest BCUT2D eigenvalue weighted by atomic mass is 10.1. The third-order valence-electron chi connectivity index (χ3n) is 4.86. The molecule has 30 heavy (non-hydrogen) atoms. The molecule has 0 spiro atoms. The second kappa shape index (κ2) is 9.49. The number of carbonyl (C=O) groups excluding carboxylic acids is 2. The highest BCUT2D eigenvalue weighted by Gasteiger charge is 2.37. The number of benzene rings is 1. The molecule has 0 aliphatic carbocycles. The van der Waals surface area contributed by atoms with Crippen LogP contribution in [0.25, 0.3) is 0 Å². The second-order valence-electron chi connectivity index (χ2n) is 7.10. The third-order valence-corrected chi connectivity index (χ3v) is 4.86. The molecule has 1 saturated heterocycles. The van der Waals surface area contributed by atoms with Gasteiger partial charge in [0.1, 0.15) is 18.4 Å². The summed E-state index contributed by atoms with van der Waals surface area (Å²) >= 11 is 0. The van der Waals surface area contributed by atoms with Crippen LogP contribution in [0.4, 0.5) is 0 Å². The summed E-state index contributed by atoms with van der Waals surface area (Å²) in [7, 11) is 0. The Balaban J connectivity index is 1.78. The van der Waals surface area contributed by atoms with Crippen LogP contribution in [0.15, 0.2) is 58.3 Å². The Morgan fingerprint density at radius 2 is 2.00 bits per heavy atom. The molecule has 1 N–H and O–H groups in total. The number of hydrogen-bond donors (Lipinski definition) is 1. The van der Waals surface area contributed by atoms with E-state index in [1.54, 1.807) is 13.0 Å². The molecular weight excluding hydrogens is 388 g/mol. The molecule has 0 radical (unpaired) electrons. The standard InChI is InChI=1S/C22H24N2O6/c1-3-16-13-24(22(28)23-21(16)27)20-12-19(29-14(2)25)18(30-20)10-9-17(26)11-15-7-5-4-6-8-15/h4-10,13,18-20H,3,11-12H2,1-2H3,(H,23,27,28)/b10-9+/t18-,19?,20-/m0/s1. The highest BCUT2D eigenvalue weighted by atomic mass is 16.6. The Morgan fingerprint density at radius 1 is 1.27 bits per heavy atom. The zero-order valence-corrected chi connectivity index (χ0v) is 16.9. The van der Waals surface area contributed by atoms with E-state index in [0.717, 1.165) is 5.56 Å². The van der Waals surface area contributed by atoms with Crippen molar-refractivity contribution >= 4 is 11.8 Å². The molecule has 1 aromatic heterocycles. The van der Waals surface area contributed by atoms with Gasteiger partial charge in [0.05, 0.1) is 0 Å². The minimum absolute atomic E-state index is 0.121. The van der Waals surface area contributed by atoms with Gasteiger partial charge in [-0.15, -0.1) is 0 Å². The first-order valence-corrected chi connectivity index (χ1v) is 9.79. The van der Waals surface area contributed by atoms with E-state index in [-0.39, 0.29) is 18.6 Å². The fraction of sp³-hybridized carbons (Fsp3) is 0.364. The molecule has 0 bridgehead atoms. The maximum Gasteiger partial charge on any atom is 0.330 e. The molecule has 1 fully saturated rings. The van der Waals surface area contributed by atoms with E-state index in [0.29, 0.717) is 12.0 Å². The van der Waals surface area contributed by atoms with E-state index in [1.165, 1.54) is 23.8 Å². The molecule has 2 heterocycles. The largest absolute Gasteiger partial charge is 0.459 e. The Morgan fingerprint density at radius 3 is 2.67 bits per heavy atom. The van der Waals surface area contributed by atoms with Gasteiger partial charge in [-0.2, -0.15) is 0 Å². The quantitative estimate of drug-likeness (QED) is 0.548. The lowest BCUT2D eigenvalue weighted by molar-refractivity contribution is -0.147. The van der Waals surface area contributed by atoms with Gasteiger partial charge < -0.3 is 9.47 Å². The fourth-order valence-corrected chi connectivity index (χ4v) is 3.39. The van der Waals surface area contributed by atoms with E-state index in [9.17, 15) is 19.2 Å². The predicted molar refractivity (Wildman–Crippen MR) is 109 cm³/mol. The Hall–Kier alpha value is -3.26. The fourth-order valence-electron chi connectivity index (χ4n) is 3.39. The molecule has 8 heteroatoms. The van der Waals surface area contributed by atoms with Crippen LogP contribution in [-0.4, -0.2) is 33.5 Å². The number of hydrogen-bond acceptors (Lipinski definition) is 6. The topological polar surface area (TPSA) is 107 Å². The molecule has 158 valence electrons. The summed E-state index contributed by atoms with van der Waals surface area (Å²) in [6, 6.07) is 9.33. The van der Waals surface area contributed by atoms with Crippen molar-refractivity contribution in [3.8, 4) is 0 Å². The first-order chi connectivity index (χ1) is 14.4. The van der Waals surface area contributed by atoms with Crippen molar-refractivity contribution in [3.63, 3.8) is 0 Å². The number of allylic oxidation sites excluding steroid dienone is 1. The van der Waals surface area contributed by atoms with Crippen LogP contribution in [0.5, 0.6) is 0 Å². The van der Waals surface area contributed by atoms with Crippen molar-refractivity contribution in [3.05, 3.63) is 80.6 Å². The SMILES string of the molecule is CCc1cn([C@@H]2CC(OC(C)=O)[C@H](/C=C/C(=O)Cc3ccccc3)O2)c(=O)[nH]c1=O. The van der Waals surface area contributed by atoms with Crippen LogP contribution in [-0.2, 0) is 31.9 Å². The van der Waals surface area contributed by atoms with Crippen LogP contribution in [0.3, 0.4) is 0 Å². The predicted octanol–water partition coefficient (Wildman–Crippen LogP) is 1.69. The number of aromatic amines is 1. The van der Waals surface area contributed by atoms with Crippen molar-refractivity contribution in [1.29, 1.82) is 0 Å². The van der Waals surface area contributed by atoms with Gasteiger partial charge in [-0.1, -0.05) is 37.3 Å². The van der Waals surface area contributed by atoms with Crippen LogP contribution < -0.4 is 11.2 Å². The van der Waals surface area contributed by atoms with Crippen LogP contribution in [0.2, 0.25) is 0 Å². The number of aromatic nitrogens is 2. The number of ketones is 1. The van der Waals surface area contributed by atoms with Gasteiger partial charge in [-0.3, -0.25) is 23.9 Å². The lowest BCUT2D eigenvalue weighted by Crippen LogP contribution is -2.34. The highest BCUT2D eigenvalue weighted by molar-refractivity contribution is 5.91. The number of aryl methyl sites for hydroxylation is 1. The molecule has 1 unspecified atom stereocenters. The van der Waals surface area contributed by atoms with Crippen LogP contribution in [0.1, 0.15) is 37.6 Å². The van der Waals surface area contributed by atoms with E-state index in [4.69, 9.17) is 9.47 Å². The van der Waals surface area contributed by atoms with Crippen molar-refractivity contribution in [1.82, 2.24) is 9.55 Å². The van der Waals surface area contributed by atoms with Gasteiger partial charge in [0.25, 0.3) is 5.56 Å². The molecule has 1 aliphatic rings. The summed E-state index contributed by atoms with van der Waals surface area (Å²) in [5, 5.41) is 0. The first kappa shape index (κ1) is 21.4. The monoisotopic (exact) mass is 412 g/mol. The third kappa shape index (κ3) is 5.21. The van der Waals surface area contributed by atoms with E-state index >= 15 is 0 Å². The van der Waals surface area contributed by atoms with Crippen molar-refractivity contribution in [2.45, 2.75) is 51.5 Å². The van der Waals surface area contributed by atoms with Crippen molar-refractivity contribution in [2.75, 3.05) is 0 Å². The van der Waals surface area contributed by atoms with Gasteiger partial charge in [-0.25, -0.2) is 4.79 Å². The Kier molecular flexibility index (Phi) is 6.79. The summed E-state index contributed by atoms with van der Waals surface area (Å²) in [5.74, 6) is -0.606. The van der Waals surface area contributed by atoms with Gasteiger partial charge in [0.2, 0.25) is 0 Å². The molecule has 1 aromatic carbocycles. The van der Waals surface area contributed by atoms with Gasteiger partial charge in [0.15, 0.2) is 5.78 Å². The second-order valence-corrected chi connectivity index (χ2v) is 7.10. The Bertz CT molecular complexity index is 1050. The molecular formula is C22H24N2O6. The number of esters is 1. The summed E-state index contributed by atoms with van der Waals surface area (Å²) in [4.78, 5) is 50.1. The first-order valence-electron chi connectivity index (χ1n) is 9.79. The number of H-pyrrole nitrogens is 1. The maximum atomic E-state index is 12.3. The number of nitrogens with one attached hydrogen (secondary N) is 1. The lowest BCUT2D eigenvalue weighted by Gasteiger charge is -2.15. The van der Waals surface area contributed by atoms with E-state index < -0.39 is 35.7 Å². The molecule has 0 amide bonds. The summed E-state index contributed by atoms with van der Waals surface area (Å²) < 4.78 is 12.5. The normalized spacial score (nSPS) is 21.1. The summed E-state index contributed by atoms with van der Waals surface area (Å²) in [6.07, 6.45) is 3.25. The van der Waals surface area contributed by atoms with Gasteiger partial charge in [0, 0.05) is 31.5 Å². The minimum Gasteiger partial charge on any atom is -0.459 e. The van der Waals surface area contributed by atoms with Crippen molar-refractivity contribution < 1.29 is 19.1 Å². The van der Waals surface area contributed by atoms with Gasteiger partial charge >= 0.3 is 11.7 Å². The average molecular weight is 412 g/mol. The van der Waals surface area contributed by atoms with E-state index in [1.807, 2.05) is 30.3 Å². The average Bonchev–Trinajstić information content (AvgIpc) is 3.09. The number of rotatable bonds is 7. The number of nitrogens with zero attached hydrogens (tertiary/aromatic N) is 1. The van der Waals surface area contributed by atoms with Crippen LogP contribution in [0, 0.1) is 0 Å². The summed E-state index contributed by atoms with van der Waals surface area (Å²) in [5.41, 5.74) is 0.296. The maximum absolute atomic E-state index is 12.3. The molecule has 2 aromatic rings. The number of carbonyl (C=O) groups is 2.